The molecule has 0 bridgehead atoms. The first-order chi connectivity index (χ1) is 13.3. The summed E-state index contributed by atoms with van der Waals surface area (Å²) in [6.07, 6.45) is 15.9. The van der Waals surface area contributed by atoms with Gasteiger partial charge < -0.3 is 0 Å². The van der Waals surface area contributed by atoms with Crippen LogP contribution in [0.3, 0.4) is 0 Å². The van der Waals surface area contributed by atoms with Gasteiger partial charge in [-0.3, -0.25) is 4.79 Å². The Morgan fingerprint density at radius 2 is 1.64 bits per heavy atom. The molecule has 4 rings (SSSR count). The minimum atomic E-state index is 0.471. The highest BCUT2D eigenvalue weighted by Crippen LogP contribution is 2.68. The van der Waals surface area contributed by atoms with Crippen LogP contribution in [0, 0.1) is 52.3 Å². The maximum Gasteiger partial charge on any atom is 0.133 e. The Balaban J connectivity index is 1.47. The standard InChI is InChI=1S/C27H46O/c1-18(2)7-6-8-19(3)23-11-12-24-22-10-9-20-17-21(28)13-15-26(20,4)25(22)14-16-27(23,24)5/h18-20,22-25H,6-17H2,1-5H3/t19-,20+,22+,23-,24?,25+,26+,27-/m1/s1. The van der Waals surface area contributed by atoms with Crippen molar-refractivity contribution in [3.05, 3.63) is 0 Å². The Kier molecular flexibility index (Phi) is 5.78. The zero-order valence-electron chi connectivity index (χ0n) is 19.4. The van der Waals surface area contributed by atoms with Crippen molar-refractivity contribution in [2.24, 2.45) is 52.3 Å². The van der Waals surface area contributed by atoms with Crippen molar-refractivity contribution in [1.82, 2.24) is 0 Å². The van der Waals surface area contributed by atoms with Crippen LogP contribution < -0.4 is 0 Å². The Morgan fingerprint density at radius 1 is 0.893 bits per heavy atom. The second-order valence-electron chi connectivity index (χ2n) is 12.4. The molecule has 4 aliphatic rings. The third-order valence-corrected chi connectivity index (χ3v) is 10.7. The maximum atomic E-state index is 12.1. The minimum absolute atomic E-state index is 0.471. The molecule has 4 aliphatic carbocycles. The van der Waals surface area contributed by atoms with Gasteiger partial charge in [-0.25, -0.2) is 0 Å². The number of hydrogen-bond donors (Lipinski definition) is 0. The Bertz CT molecular complexity index is 579. The molecule has 1 unspecified atom stereocenters. The molecule has 1 nitrogen and oxygen atoms in total. The molecule has 0 aromatic heterocycles. The molecule has 0 spiro atoms. The van der Waals surface area contributed by atoms with Crippen LogP contribution in [0.2, 0.25) is 0 Å². The van der Waals surface area contributed by atoms with Gasteiger partial charge in [0.2, 0.25) is 0 Å². The fourth-order valence-corrected chi connectivity index (χ4v) is 9.07. The lowest BCUT2D eigenvalue weighted by Crippen LogP contribution is -2.53. The summed E-state index contributed by atoms with van der Waals surface area (Å²) in [5.41, 5.74) is 1.07. The van der Waals surface area contributed by atoms with E-state index in [1.54, 1.807) is 0 Å². The van der Waals surface area contributed by atoms with E-state index in [2.05, 4.69) is 34.6 Å². The highest BCUT2D eigenvalue weighted by Gasteiger charge is 2.60. The lowest BCUT2D eigenvalue weighted by atomic mass is 9.44. The van der Waals surface area contributed by atoms with Crippen molar-refractivity contribution in [1.29, 1.82) is 0 Å². The van der Waals surface area contributed by atoms with Crippen LogP contribution >= 0.6 is 0 Å². The molecule has 0 radical (unpaired) electrons. The molecule has 0 aromatic carbocycles. The van der Waals surface area contributed by atoms with Crippen molar-refractivity contribution in [2.45, 2.75) is 112 Å². The number of carbonyl (C=O) groups is 1. The first-order valence-electron chi connectivity index (χ1n) is 12.8. The molecule has 1 heteroatoms. The third-order valence-electron chi connectivity index (χ3n) is 10.7. The Morgan fingerprint density at radius 3 is 2.39 bits per heavy atom. The van der Waals surface area contributed by atoms with Crippen LogP contribution in [0.15, 0.2) is 0 Å². The molecule has 0 aliphatic heterocycles. The molecular formula is C27H46O. The van der Waals surface area contributed by atoms with Crippen molar-refractivity contribution in [2.75, 3.05) is 0 Å². The smallest absolute Gasteiger partial charge is 0.133 e. The fourth-order valence-electron chi connectivity index (χ4n) is 9.07. The SMILES string of the molecule is CC(C)CCC[C@@H](C)[C@H]1CCC2[C@@H]3CC[C@H]4CC(=O)CC[C@]4(C)[C@H]3CC[C@@]21C. The van der Waals surface area contributed by atoms with E-state index in [1.807, 2.05) is 0 Å². The highest BCUT2D eigenvalue weighted by molar-refractivity contribution is 5.79. The van der Waals surface area contributed by atoms with E-state index >= 15 is 0 Å². The van der Waals surface area contributed by atoms with Gasteiger partial charge in [0, 0.05) is 12.8 Å². The van der Waals surface area contributed by atoms with Crippen LogP contribution in [0.25, 0.3) is 0 Å². The summed E-state index contributed by atoms with van der Waals surface area (Å²) in [7, 11) is 0. The van der Waals surface area contributed by atoms with Crippen molar-refractivity contribution < 1.29 is 4.79 Å². The predicted molar refractivity (Wildman–Crippen MR) is 118 cm³/mol. The van der Waals surface area contributed by atoms with Crippen molar-refractivity contribution in [3.63, 3.8) is 0 Å². The number of carbonyl (C=O) groups excluding carboxylic acids is 1. The molecule has 0 aromatic rings. The van der Waals surface area contributed by atoms with E-state index in [0.717, 1.165) is 48.3 Å². The van der Waals surface area contributed by atoms with E-state index in [-0.39, 0.29) is 0 Å². The fraction of sp³-hybridized carbons (Fsp3) is 0.963. The first-order valence-corrected chi connectivity index (χ1v) is 12.8. The van der Waals surface area contributed by atoms with Gasteiger partial charge in [0.05, 0.1) is 0 Å². The average Bonchev–Trinajstić information content (AvgIpc) is 2.99. The number of rotatable bonds is 5. The summed E-state index contributed by atoms with van der Waals surface area (Å²) in [5.74, 6) is 6.82. The van der Waals surface area contributed by atoms with Gasteiger partial charge in [0.1, 0.15) is 5.78 Å². The number of Topliss-reactive ketones (excluding diaryl/α,β-unsaturated/α-hetero) is 1. The van der Waals surface area contributed by atoms with Gasteiger partial charge >= 0.3 is 0 Å². The first kappa shape index (κ1) is 20.9. The molecule has 0 saturated heterocycles. The third kappa shape index (κ3) is 3.41. The van der Waals surface area contributed by atoms with Gasteiger partial charge in [-0.1, -0.05) is 53.9 Å². The predicted octanol–water partition coefficient (Wildman–Crippen LogP) is 7.68. The van der Waals surface area contributed by atoms with Crippen LogP contribution in [-0.2, 0) is 4.79 Å². The summed E-state index contributed by atoms with van der Waals surface area (Å²) in [5, 5.41) is 0. The van der Waals surface area contributed by atoms with Gasteiger partial charge in [-0.2, -0.15) is 0 Å². The molecule has 0 N–H and O–H groups in total. The van der Waals surface area contributed by atoms with Crippen LogP contribution in [0.4, 0.5) is 0 Å². The summed E-state index contributed by atoms with van der Waals surface area (Å²) < 4.78 is 0. The van der Waals surface area contributed by atoms with Crippen LogP contribution in [-0.4, -0.2) is 5.78 Å². The van der Waals surface area contributed by atoms with E-state index in [0.29, 0.717) is 22.5 Å². The summed E-state index contributed by atoms with van der Waals surface area (Å²) in [4.78, 5) is 12.1. The number of fused-ring (bicyclic) bond motifs is 5. The lowest BCUT2D eigenvalue weighted by Gasteiger charge is -2.60. The zero-order valence-corrected chi connectivity index (χ0v) is 19.4. The number of ketones is 1. The van der Waals surface area contributed by atoms with Crippen molar-refractivity contribution in [3.8, 4) is 0 Å². The Hall–Kier alpha value is -0.330. The molecule has 160 valence electrons. The quantitative estimate of drug-likeness (QED) is 0.473. The van der Waals surface area contributed by atoms with E-state index in [9.17, 15) is 4.79 Å². The molecule has 4 fully saturated rings. The molecular weight excluding hydrogens is 340 g/mol. The molecule has 4 saturated carbocycles. The molecule has 0 heterocycles. The molecule has 28 heavy (non-hydrogen) atoms. The van der Waals surface area contributed by atoms with E-state index in [4.69, 9.17) is 0 Å². The maximum absolute atomic E-state index is 12.1. The second kappa shape index (κ2) is 7.73. The summed E-state index contributed by atoms with van der Waals surface area (Å²) >= 11 is 0. The molecule has 0 amide bonds. The van der Waals surface area contributed by atoms with Gasteiger partial charge in [-0.15, -0.1) is 0 Å². The van der Waals surface area contributed by atoms with Gasteiger partial charge in [0.25, 0.3) is 0 Å². The lowest BCUT2D eigenvalue weighted by molar-refractivity contribution is -0.140. The van der Waals surface area contributed by atoms with Gasteiger partial charge in [-0.05, 0) is 97.2 Å². The van der Waals surface area contributed by atoms with Crippen LogP contribution in [0.1, 0.15) is 112 Å². The van der Waals surface area contributed by atoms with Crippen LogP contribution in [0.5, 0.6) is 0 Å². The second-order valence-corrected chi connectivity index (χ2v) is 12.4. The summed E-state index contributed by atoms with van der Waals surface area (Å²) in [6, 6.07) is 0. The minimum Gasteiger partial charge on any atom is -0.300 e. The number of hydrogen-bond acceptors (Lipinski definition) is 1. The normalized spacial score (nSPS) is 46.8. The topological polar surface area (TPSA) is 17.1 Å². The van der Waals surface area contributed by atoms with Crippen molar-refractivity contribution >= 4 is 5.78 Å². The van der Waals surface area contributed by atoms with E-state index < -0.39 is 0 Å². The summed E-state index contributed by atoms with van der Waals surface area (Å²) in [6.45, 7) is 12.6. The molecule has 8 atom stereocenters. The Labute approximate surface area is 174 Å². The van der Waals surface area contributed by atoms with E-state index in [1.165, 1.54) is 64.2 Å². The average molecular weight is 387 g/mol. The zero-order chi connectivity index (χ0) is 20.1. The monoisotopic (exact) mass is 386 g/mol. The largest absolute Gasteiger partial charge is 0.300 e. The highest BCUT2D eigenvalue weighted by atomic mass is 16.1. The van der Waals surface area contributed by atoms with Gasteiger partial charge in [0.15, 0.2) is 0 Å².